The maximum absolute atomic E-state index is 11.5. The molecule has 0 aliphatic heterocycles. The molecule has 106 valence electrons. The number of benzene rings is 1. The molecule has 1 aromatic heterocycles. The van der Waals surface area contributed by atoms with E-state index < -0.39 is 0 Å². The number of carbonyl (C=O) groups is 1. The smallest absolute Gasteiger partial charge is 0.224 e. The van der Waals surface area contributed by atoms with Crippen molar-refractivity contribution in [2.45, 2.75) is 26.4 Å². The third-order valence-electron chi connectivity index (χ3n) is 3.25. The molecule has 0 saturated heterocycles. The van der Waals surface area contributed by atoms with Gasteiger partial charge in [0.25, 0.3) is 0 Å². The lowest BCUT2D eigenvalue weighted by molar-refractivity contribution is -0.119. The molecule has 20 heavy (non-hydrogen) atoms. The van der Waals surface area contributed by atoms with Crippen molar-refractivity contribution in [3.8, 4) is 0 Å². The molecule has 0 saturated carbocycles. The van der Waals surface area contributed by atoms with Crippen molar-refractivity contribution < 1.29 is 4.79 Å². The van der Waals surface area contributed by atoms with Crippen molar-refractivity contribution in [2.75, 3.05) is 12.4 Å². The Bertz CT molecular complexity index is 577. The fourth-order valence-electron chi connectivity index (χ4n) is 2.07. The van der Waals surface area contributed by atoms with Gasteiger partial charge in [0.05, 0.1) is 25.0 Å². The van der Waals surface area contributed by atoms with Gasteiger partial charge in [0.2, 0.25) is 5.91 Å². The van der Waals surface area contributed by atoms with Crippen molar-refractivity contribution in [1.82, 2.24) is 14.9 Å². The molecule has 1 heterocycles. The zero-order chi connectivity index (χ0) is 14.4. The molecular weight excluding hydrogens is 252 g/mol. The number of hydrogen-bond donors (Lipinski definition) is 2. The van der Waals surface area contributed by atoms with Crippen LogP contribution in [0, 0.1) is 0 Å². The molecular formula is C15H20N4O. The number of likely N-dealkylation sites (N-methyl/N-ethyl adjacent to an activating group) is 1. The van der Waals surface area contributed by atoms with Gasteiger partial charge in [0.15, 0.2) is 0 Å². The van der Waals surface area contributed by atoms with Crippen LogP contribution in [0.5, 0.6) is 0 Å². The third kappa shape index (κ3) is 3.38. The van der Waals surface area contributed by atoms with E-state index in [0.29, 0.717) is 13.0 Å². The zero-order valence-corrected chi connectivity index (χ0v) is 11.9. The summed E-state index contributed by atoms with van der Waals surface area (Å²) in [6.07, 6.45) is 4.07. The highest BCUT2D eigenvalue weighted by molar-refractivity contribution is 5.80. The molecule has 0 spiro atoms. The summed E-state index contributed by atoms with van der Waals surface area (Å²) in [4.78, 5) is 15.7. The molecule has 0 fully saturated rings. The number of para-hydroxylation sites is 1. The third-order valence-corrected chi connectivity index (χ3v) is 3.25. The van der Waals surface area contributed by atoms with Gasteiger partial charge in [-0.15, -0.1) is 0 Å². The van der Waals surface area contributed by atoms with Crippen LogP contribution in [0.2, 0.25) is 0 Å². The van der Waals surface area contributed by atoms with E-state index in [1.165, 1.54) is 0 Å². The second-order valence-corrected chi connectivity index (χ2v) is 4.53. The first-order valence-electron chi connectivity index (χ1n) is 6.76. The highest BCUT2D eigenvalue weighted by Gasteiger charge is 2.07. The normalized spacial score (nSPS) is 10.3. The van der Waals surface area contributed by atoms with Crippen molar-refractivity contribution in [2.24, 2.45) is 0 Å². The number of aromatic nitrogens is 2. The summed E-state index contributed by atoms with van der Waals surface area (Å²) >= 11 is 0. The lowest BCUT2D eigenvalue weighted by Gasteiger charge is -2.12. The van der Waals surface area contributed by atoms with E-state index in [9.17, 15) is 4.79 Å². The van der Waals surface area contributed by atoms with Gasteiger partial charge in [-0.05, 0) is 18.6 Å². The van der Waals surface area contributed by atoms with E-state index in [1.54, 1.807) is 7.05 Å². The maximum Gasteiger partial charge on any atom is 0.224 e. The van der Waals surface area contributed by atoms with Crippen LogP contribution in [0.1, 0.15) is 18.2 Å². The van der Waals surface area contributed by atoms with E-state index in [2.05, 4.69) is 27.1 Å². The Morgan fingerprint density at radius 2 is 2.15 bits per heavy atom. The largest absolute Gasteiger partial charge is 0.379 e. The monoisotopic (exact) mass is 272 g/mol. The Hall–Kier alpha value is -2.30. The number of nitrogens with zero attached hydrogens (tertiary/aromatic N) is 2. The van der Waals surface area contributed by atoms with Gasteiger partial charge in [-0.25, -0.2) is 4.98 Å². The molecule has 1 amide bonds. The summed E-state index contributed by atoms with van der Waals surface area (Å²) in [5.74, 6) is 0.0119. The van der Waals surface area contributed by atoms with Gasteiger partial charge in [-0.3, -0.25) is 4.79 Å². The average molecular weight is 272 g/mol. The molecule has 0 bridgehead atoms. The number of nitrogens with one attached hydrogen (secondary N) is 2. The molecule has 2 aromatic rings. The fraction of sp³-hybridized carbons (Fsp3) is 0.333. The van der Waals surface area contributed by atoms with Gasteiger partial charge in [0, 0.05) is 25.5 Å². The van der Waals surface area contributed by atoms with Gasteiger partial charge < -0.3 is 15.2 Å². The predicted octanol–water partition coefficient (Wildman–Crippen LogP) is 1.80. The van der Waals surface area contributed by atoms with Crippen molar-refractivity contribution in [3.05, 3.63) is 48.0 Å². The number of anilines is 1. The quantitative estimate of drug-likeness (QED) is 0.843. The SMILES string of the molecule is CCn1cncc1CNc1ccccc1CC(=O)NC. The van der Waals surface area contributed by atoms with E-state index in [1.807, 2.05) is 36.8 Å². The number of carbonyl (C=O) groups excluding carboxylic acids is 1. The van der Waals surface area contributed by atoms with Crippen LogP contribution in [0.4, 0.5) is 5.69 Å². The molecule has 2 N–H and O–H groups in total. The van der Waals surface area contributed by atoms with Crippen LogP contribution in [0.25, 0.3) is 0 Å². The first-order chi connectivity index (χ1) is 9.74. The van der Waals surface area contributed by atoms with Crippen molar-refractivity contribution >= 4 is 11.6 Å². The number of aryl methyl sites for hydroxylation is 1. The summed E-state index contributed by atoms with van der Waals surface area (Å²) in [6.45, 7) is 3.68. The molecule has 0 aliphatic carbocycles. The summed E-state index contributed by atoms with van der Waals surface area (Å²) in [5, 5.41) is 6.03. The van der Waals surface area contributed by atoms with E-state index in [-0.39, 0.29) is 5.91 Å². The number of hydrogen-bond acceptors (Lipinski definition) is 3. The lowest BCUT2D eigenvalue weighted by Crippen LogP contribution is -2.20. The van der Waals surface area contributed by atoms with Crippen LogP contribution < -0.4 is 10.6 Å². The maximum atomic E-state index is 11.5. The molecule has 1 aromatic carbocycles. The second kappa shape index (κ2) is 6.75. The molecule has 0 radical (unpaired) electrons. The summed E-state index contributed by atoms with van der Waals surface area (Å²) in [6, 6.07) is 7.87. The summed E-state index contributed by atoms with van der Waals surface area (Å²) < 4.78 is 2.09. The van der Waals surface area contributed by atoms with Gasteiger partial charge in [-0.2, -0.15) is 0 Å². The Balaban J connectivity index is 2.07. The number of amides is 1. The first kappa shape index (κ1) is 14.1. The Labute approximate surface area is 119 Å². The Morgan fingerprint density at radius 3 is 2.90 bits per heavy atom. The second-order valence-electron chi connectivity index (χ2n) is 4.53. The van der Waals surface area contributed by atoms with E-state index in [0.717, 1.165) is 23.5 Å². The highest BCUT2D eigenvalue weighted by Crippen LogP contribution is 2.16. The van der Waals surface area contributed by atoms with Crippen LogP contribution in [0.15, 0.2) is 36.8 Å². The van der Waals surface area contributed by atoms with Crippen LogP contribution in [-0.4, -0.2) is 22.5 Å². The molecule has 0 aliphatic rings. The molecule has 0 atom stereocenters. The minimum absolute atomic E-state index is 0.0119. The molecule has 5 heteroatoms. The molecule has 0 unspecified atom stereocenters. The van der Waals surface area contributed by atoms with Crippen LogP contribution in [0.3, 0.4) is 0 Å². The molecule has 5 nitrogen and oxygen atoms in total. The standard InChI is InChI=1S/C15H20N4O/c1-3-19-11-17-9-13(19)10-18-14-7-5-4-6-12(14)8-15(20)16-2/h4-7,9,11,18H,3,8,10H2,1-2H3,(H,16,20). The Morgan fingerprint density at radius 1 is 1.35 bits per heavy atom. The van der Waals surface area contributed by atoms with E-state index in [4.69, 9.17) is 0 Å². The summed E-state index contributed by atoms with van der Waals surface area (Å²) in [7, 11) is 1.65. The van der Waals surface area contributed by atoms with E-state index >= 15 is 0 Å². The van der Waals surface area contributed by atoms with Crippen LogP contribution >= 0.6 is 0 Å². The van der Waals surface area contributed by atoms with Crippen molar-refractivity contribution in [3.63, 3.8) is 0 Å². The molecule has 2 rings (SSSR count). The van der Waals surface area contributed by atoms with Crippen molar-refractivity contribution in [1.29, 1.82) is 0 Å². The van der Waals surface area contributed by atoms with Gasteiger partial charge in [0.1, 0.15) is 0 Å². The lowest BCUT2D eigenvalue weighted by atomic mass is 10.1. The zero-order valence-electron chi connectivity index (χ0n) is 11.9. The minimum atomic E-state index is 0.0119. The Kier molecular flexibility index (Phi) is 4.76. The average Bonchev–Trinajstić information content (AvgIpc) is 2.93. The van der Waals surface area contributed by atoms with Gasteiger partial charge in [-0.1, -0.05) is 18.2 Å². The predicted molar refractivity (Wildman–Crippen MR) is 79.4 cm³/mol. The number of rotatable bonds is 6. The van der Waals surface area contributed by atoms with Gasteiger partial charge >= 0.3 is 0 Å². The minimum Gasteiger partial charge on any atom is -0.379 e. The fourth-order valence-corrected chi connectivity index (χ4v) is 2.07. The number of imidazole rings is 1. The first-order valence-corrected chi connectivity index (χ1v) is 6.76. The highest BCUT2D eigenvalue weighted by atomic mass is 16.1. The summed E-state index contributed by atoms with van der Waals surface area (Å²) in [5.41, 5.74) is 3.11. The topological polar surface area (TPSA) is 59.0 Å². The van der Waals surface area contributed by atoms with Crippen LogP contribution in [-0.2, 0) is 24.3 Å².